The molecule has 2 N–H and O–H groups in total. The molecule has 140 valence electrons. The molecular formula is C17H12F3N3O4. The van der Waals surface area contributed by atoms with Gasteiger partial charge in [0.1, 0.15) is 0 Å². The lowest BCUT2D eigenvalue weighted by Crippen LogP contribution is -2.32. The Bertz CT molecular complexity index is 914. The number of hydrogen-bond acceptors (Lipinski definition) is 4. The van der Waals surface area contributed by atoms with Crippen molar-refractivity contribution >= 4 is 29.3 Å². The highest BCUT2D eigenvalue weighted by Crippen LogP contribution is 2.19. The molecular weight excluding hydrogens is 367 g/mol. The van der Waals surface area contributed by atoms with Gasteiger partial charge in [0.15, 0.2) is 17.5 Å². The van der Waals surface area contributed by atoms with Crippen molar-refractivity contribution in [3.8, 4) is 0 Å². The molecule has 0 fully saturated rings. The Labute approximate surface area is 150 Å². The first-order valence-corrected chi connectivity index (χ1v) is 7.41. The second-order valence-corrected chi connectivity index (χ2v) is 5.17. The van der Waals surface area contributed by atoms with Crippen LogP contribution in [0.4, 0.5) is 24.5 Å². The maximum Gasteiger partial charge on any atom is 0.269 e. The summed E-state index contributed by atoms with van der Waals surface area (Å²) in [5.41, 5.74) is -0.142. The van der Waals surface area contributed by atoms with E-state index in [4.69, 9.17) is 0 Å². The van der Waals surface area contributed by atoms with Crippen molar-refractivity contribution in [2.75, 3.05) is 11.9 Å². The highest BCUT2D eigenvalue weighted by Gasteiger charge is 2.15. The Kier molecular flexibility index (Phi) is 6.26. The van der Waals surface area contributed by atoms with Gasteiger partial charge in [-0.05, 0) is 35.9 Å². The number of nitrogens with one attached hydrogen (secondary N) is 2. The molecule has 0 saturated carbocycles. The van der Waals surface area contributed by atoms with Gasteiger partial charge in [0.2, 0.25) is 11.8 Å². The van der Waals surface area contributed by atoms with Crippen molar-refractivity contribution in [2.45, 2.75) is 0 Å². The summed E-state index contributed by atoms with van der Waals surface area (Å²) < 4.78 is 39.3. The molecule has 2 rings (SSSR count). The predicted molar refractivity (Wildman–Crippen MR) is 90.1 cm³/mol. The fraction of sp³-hybridized carbons (Fsp3) is 0.0588. The van der Waals surface area contributed by atoms with Crippen LogP contribution in [0.5, 0.6) is 0 Å². The molecule has 0 aliphatic rings. The van der Waals surface area contributed by atoms with Crippen LogP contribution in [0.2, 0.25) is 0 Å². The van der Waals surface area contributed by atoms with E-state index in [0.29, 0.717) is 11.6 Å². The monoisotopic (exact) mass is 379 g/mol. The van der Waals surface area contributed by atoms with E-state index < -0.39 is 46.4 Å². The highest BCUT2D eigenvalue weighted by molar-refractivity contribution is 5.98. The number of benzene rings is 2. The number of hydrogen-bond donors (Lipinski definition) is 2. The quantitative estimate of drug-likeness (QED) is 0.349. The van der Waals surface area contributed by atoms with Gasteiger partial charge in [-0.25, -0.2) is 13.2 Å². The molecule has 0 aliphatic heterocycles. The second kappa shape index (κ2) is 8.61. The summed E-state index contributed by atoms with van der Waals surface area (Å²) in [6.07, 6.45) is 2.46. The zero-order chi connectivity index (χ0) is 20.0. The van der Waals surface area contributed by atoms with Gasteiger partial charge < -0.3 is 10.6 Å². The van der Waals surface area contributed by atoms with Crippen molar-refractivity contribution < 1.29 is 27.7 Å². The Morgan fingerprint density at radius 2 is 1.70 bits per heavy atom. The molecule has 0 bridgehead atoms. The third kappa shape index (κ3) is 5.39. The van der Waals surface area contributed by atoms with Gasteiger partial charge in [-0.3, -0.25) is 19.7 Å². The molecule has 0 spiro atoms. The van der Waals surface area contributed by atoms with Crippen LogP contribution in [0, 0.1) is 27.6 Å². The zero-order valence-corrected chi connectivity index (χ0v) is 13.5. The maximum atomic E-state index is 13.4. The summed E-state index contributed by atoms with van der Waals surface area (Å²) in [6, 6.07) is 6.89. The van der Waals surface area contributed by atoms with Crippen molar-refractivity contribution in [2.24, 2.45) is 0 Å². The average molecular weight is 379 g/mol. The minimum atomic E-state index is -1.72. The molecule has 0 unspecified atom stereocenters. The zero-order valence-electron chi connectivity index (χ0n) is 13.5. The van der Waals surface area contributed by atoms with Gasteiger partial charge >= 0.3 is 0 Å². The van der Waals surface area contributed by atoms with E-state index >= 15 is 0 Å². The molecule has 0 aliphatic carbocycles. The minimum absolute atomic E-state index is 0.0993. The van der Waals surface area contributed by atoms with Crippen LogP contribution in [0.1, 0.15) is 5.56 Å². The van der Waals surface area contributed by atoms with E-state index in [2.05, 4.69) is 5.32 Å². The Morgan fingerprint density at radius 1 is 1.04 bits per heavy atom. The Morgan fingerprint density at radius 3 is 2.33 bits per heavy atom. The summed E-state index contributed by atoms with van der Waals surface area (Å²) in [5.74, 6) is -6.17. The molecule has 7 nitrogen and oxygen atoms in total. The molecule has 2 amide bonds. The molecule has 2 aromatic rings. The summed E-state index contributed by atoms with van der Waals surface area (Å²) in [5, 5.41) is 14.8. The number of anilines is 1. The van der Waals surface area contributed by atoms with Crippen LogP contribution in [0.25, 0.3) is 6.08 Å². The predicted octanol–water partition coefficient (Wildman–Crippen LogP) is 2.78. The van der Waals surface area contributed by atoms with Gasteiger partial charge in [0.25, 0.3) is 5.69 Å². The molecule has 2 aromatic carbocycles. The van der Waals surface area contributed by atoms with Gasteiger partial charge in [0, 0.05) is 18.2 Å². The van der Waals surface area contributed by atoms with E-state index in [1.165, 1.54) is 30.3 Å². The summed E-state index contributed by atoms with van der Waals surface area (Å²) in [4.78, 5) is 33.3. The van der Waals surface area contributed by atoms with Gasteiger partial charge in [-0.15, -0.1) is 0 Å². The lowest BCUT2D eigenvalue weighted by atomic mass is 10.2. The van der Waals surface area contributed by atoms with Crippen LogP contribution >= 0.6 is 0 Å². The van der Waals surface area contributed by atoms with Crippen molar-refractivity contribution in [3.05, 3.63) is 75.6 Å². The lowest BCUT2D eigenvalue weighted by Gasteiger charge is -2.07. The topological polar surface area (TPSA) is 101 Å². The highest BCUT2D eigenvalue weighted by atomic mass is 19.2. The fourth-order valence-corrected chi connectivity index (χ4v) is 1.92. The minimum Gasteiger partial charge on any atom is -0.343 e. The number of carbonyl (C=O) groups is 2. The number of non-ortho nitro benzene ring substituents is 1. The molecule has 0 saturated heterocycles. The standard InChI is InChI=1S/C17H12F3N3O4/c18-12-6-7-13(17(20)16(12)19)22-15(25)9-21-14(24)8-3-10-1-4-11(5-2-10)23(26)27/h1-8H,9H2,(H,21,24)(H,22,25). The van der Waals surface area contributed by atoms with E-state index in [1.807, 2.05) is 5.32 Å². The number of halogens is 3. The SMILES string of the molecule is O=C(C=Cc1ccc([N+](=O)[O-])cc1)NCC(=O)Nc1ccc(F)c(F)c1F. The van der Waals surface area contributed by atoms with Crippen molar-refractivity contribution in [3.63, 3.8) is 0 Å². The lowest BCUT2D eigenvalue weighted by molar-refractivity contribution is -0.384. The van der Waals surface area contributed by atoms with Gasteiger partial charge in [-0.2, -0.15) is 0 Å². The number of amides is 2. The smallest absolute Gasteiger partial charge is 0.269 e. The van der Waals surface area contributed by atoms with Crippen molar-refractivity contribution in [1.82, 2.24) is 5.32 Å². The summed E-state index contributed by atoms with van der Waals surface area (Å²) >= 11 is 0. The fourth-order valence-electron chi connectivity index (χ4n) is 1.92. The Balaban J connectivity index is 1.87. The third-order valence-corrected chi connectivity index (χ3v) is 3.26. The largest absolute Gasteiger partial charge is 0.343 e. The van der Waals surface area contributed by atoms with Crippen LogP contribution in [0.15, 0.2) is 42.5 Å². The summed E-state index contributed by atoms with van der Waals surface area (Å²) in [6.45, 7) is -0.540. The Hall–Kier alpha value is -3.69. The number of carbonyl (C=O) groups excluding carboxylic acids is 2. The number of nitro groups is 1. The molecule has 0 aromatic heterocycles. The third-order valence-electron chi connectivity index (χ3n) is 3.26. The first kappa shape index (κ1) is 19.6. The molecule has 0 heterocycles. The van der Waals surface area contributed by atoms with Crippen LogP contribution < -0.4 is 10.6 Å². The average Bonchev–Trinajstić information content (AvgIpc) is 2.65. The van der Waals surface area contributed by atoms with E-state index in [1.54, 1.807) is 0 Å². The molecule has 10 heteroatoms. The molecule has 0 radical (unpaired) electrons. The van der Waals surface area contributed by atoms with Crippen LogP contribution in [0.3, 0.4) is 0 Å². The van der Waals surface area contributed by atoms with E-state index in [-0.39, 0.29) is 5.69 Å². The van der Waals surface area contributed by atoms with E-state index in [9.17, 15) is 32.9 Å². The first-order valence-electron chi connectivity index (χ1n) is 7.41. The van der Waals surface area contributed by atoms with Gasteiger partial charge in [0.05, 0.1) is 17.2 Å². The number of nitrogens with zero attached hydrogens (tertiary/aromatic N) is 1. The second-order valence-electron chi connectivity index (χ2n) is 5.17. The van der Waals surface area contributed by atoms with Gasteiger partial charge in [-0.1, -0.05) is 0 Å². The number of nitro benzene ring substituents is 1. The van der Waals surface area contributed by atoms with E-state index in [0.717, 1.165) is 12.1 Å². The first-order chi connectivity index (χ1) is 12.8. The molecule has 27 heavy (non-hydrogen) atoms. The van der Waals surface area contributed by atoms with Crippen molar-refractivity contribution in [1.29, 1.82) is 0 Å². The normalized spacial score (nSPS) is 10.6. The number of rotatable bonds is 6. The molecule has 0 atom stereocenters. The maximum absolute atomic E-state index is 13.4. The summed E-state index contributed by atoms with van der Waals surface area (Å²) in [7, 11) is 0. The van der Waals surface area contributed by atoms with Crippen LogP contribution in [-0.2, 0) is 9.59 Å². The van der Waals surface area contributed by atoms with Crippen LogP contribution in [-0.4, -0.2) is 23.3 Å².